The summed E-state index contributed by atoms with van der Waals surface area (Å²) in [5.74, 6) is 1.55. The molecule has 4 aromatic rings. The van der Waals surface area contributed by atoms with Crippen LogP contribution in [-0.2, 0) is 0 Å². The molecule has 0 radical (unpaired) electrons. The first-order valence-corrected chi connectivity index (χ1v) is 7.57. The lowest BCUT2D eigenvalue weighted by Crippen LogP contribution is -1.83. The van der Waals surface area contributed by atoms with Crippen LogP contribution in [0, 0.1) is 0 Å². The zero-order chi connectivity index (χ0) is 16.5. The summed E-state index contributed by atoms with van der Waals surface area (Å²) in [6.07, 6.45) is 0. The molecule has 0 aliphatic rings. The molecule has 4 rings (SSSR count). The van der Waals surface area contributed by atoms with Crippen molar-refractivity contribution in [2.75, 3.05) is 7.11 Å². The highest BCUT2D eigenvalue weighted by Gasteiger charge is 2.10. The van der Waals surface area contributed by atoms with Crippen LogP contribution in [0.5, 0.6) is 11.5 Å². The molecule has 0 amide bonds. The molecular weight excluding hydrogens is 302 g/mol. The fraction of sp³-hybridized carbons (Fsp3) is 0.0500. The van der Waals surface area contributed by atoms with Gasteiger partial charge in [0.1, 0.15) is 17.0 Å². The maximum absolute atomic E-state index is 9.64. The van der Waals surface area contributed by atoms with Crippen LogP contribution in [0.25, 0.3) is 33.7 Å². The molecule has 118 valence electrons. The second-order valence-electron chi connectivity index (χ2n) is 5.48. The largest absolute Gasteiger partial charge is 0.508 e. The lowest BCUT2D eigenvalue weighted by Gasteiger charge is -2.01. The molecule has 0 aliphatic heterocycles. The maximum atomic E-state index is 9.64. The van der Waals surface area contributed by atoms with Crippen LogP contribution >= 0.6 is 0 Å². The predicted molar refractivity (Wildman–Crippen MR) is 93.1 cm³/mol. The molecule has 3 aromatic carbocycles. The molecule has 1 heterocycles. The number of aromatic nitrogens is 1. The Hall–Kier alpha value is -3.27. The van der Waals surface area contributed by atoms with Gasteiger partial charge in [-0.3, -0.25) is 0 Å². The lowest BCUT2D eigenvalue weighted by atomic mass is 10.1. The first-order valence-electron chi connectivity index (χ1n) is 7.57. The van der Waals surface area contributed by atoms with E-state index in [1.54, 1.807) is 19.2 Å². The van der Waals surface area contributed by atoms with Gasteiger partial charge in [0.2, 0.25) is 5.89 Å². The van der Waals surface area contributed by atoms with Gasteiger partial charge >= 0.3 is 0 Å². The third-order valence-corrected chi connectivity index (χ3v) is 3.88. The fourth-order valence-electron chi connectivity index (χ4n) is 2.67. The van der Waals surface area contributed by atoms with E-state index in [0.717, 1.165) is 28.0 Å². The van der Waals surface area contributed by atoms with Gasteiger partial charge in [0.15, 0.2) is 5.58 Å². The van der Waals surface area contributed by atoms with Crippen LogP contribution in [0.15, 0.2) is 71.1 Å². The van der Waals surface area contributed by atoms with E-state index in [0.29, 0.717) is 11.5 Å². The molecule has 0 saturated carbocycles. The van der Waals surface area contributed by atoms with E-state index in [4.69, 9.17) is 9.15 Å². The van der Waals surface area contributed by atoms with Crippen molar-refractivity contribution < 1.29 is 14.3 Å². The quantitative estimate of drug-likeness (QED) is 0.585. The number of nitrogens with zero attached hydrogens (tertiary/aromatic N) is 1. The second-order valence-corrected chi connectivity index (χ2v) is 5.48. The monoisotopic (exact) mass is 317 g/mol. The van der Waals surface area contributed by atoms with Crippen LogP contribution in [0.3, 0.4) is 0 Å². The van der Waals surface area contributed by atoms with Gasteiger partial charge in [0.05, 0.1) is 7.11 Å². The number of hydrogen-bond donors (Lipinski definition) is 1. The number of aromatic hydroxyl groups is 1. The van der Waals surface area contributed by atoms with Gasteiger partial charge in [0.25, 0.3) is 0 Å². The Labute approximate surface area is 139 Å². The number of phenols is 1. The van der Waals surface area contributed by atoms with E-state index < -0.39 is 0 Å². The number of hydrogen-bond acceptors (Lipinski definition) is 4. The van der Waals surface area contributed by atoms with Crippen LogP contribution in [0.1, 0.15) is 0 Å². The second kappa shape index (κ2) is 5.74. The van der Waals surface area contributed by atoms with Crippen molar-refractivity contribution >= 4 is 11.1 Å². The van der Waals surface area contributed by atoms with Crippen molar-refractivity contribution in [3.8, 4) is 34.1 Å². The van der Waals surface area contributed by atoms with E-state index in [1.165, 1.54) is 0 Å². The highest BCUT2D eigenvalue weighted by atomic mass is 16.5. The number of fused-ring (bicyclic) bond motifs is 1. The smallest absolute Gasteiger partial charge is 0.227 e. The number of phenolic OH excluding ortho intramolecular Hbond substituents is 1. The first-order chi connectivity index (χ1) is 11.7. The molecule has 4 heteroatoms. The number of oxazole rings is 1. The van der Waals surface area contributed by atoms with Crippen molar-refractivity contribution in [3.63, 3.8) is 0 Å². The molecule has 0 spiro atoms. The van der Waals surface area contributed by atoms with Gasteiger partial charge in [-0.25, -0.2) is 4.98 Å². The Balaban J connectivity index is 1.78. The highest BCUT2D eigenvalue weighted by Crippen LogP contribution is 2.30. The van der Waals surface area contributed by atoms with Crippen LogP contribution in [0.4, 0.5) is 0 Å². The highest BCUT2D eigenvalue weighted by molar-refractivity contribution is 5.82. The van der Waals surface area contributed by atoms with E-state index >= 15 is 0 Å². The summed E-state index contributed by atoms with van der Waals surface area (Å²) in [4.78, 5) is 4.54. The third kappa shape index (κ3) is 2.58. The molecular formula is C20H15NO3. The molecule has 1 N–H and O–H groups in total. The van der Waals surface area contributed by atoms with E-state index in [-0.39, 0.29) is 5.75 Å². The van der Waals surface area contributed by atoms with Crippen molar-refractivity contribution in [1.29, 1.82) is 0 Å². The summed E-state index contributed by atoms with van der Waals surface area (Å²) in [5, 5.41) is 9.64. The minimum Gasteiger partial charge on any atom is -0.508 e. The third-order valence-electron chi connectivity index (χ3n) is 3.88. The minimum atomic E-state index is 0.238. The standard InChI is InChI=1S/C20H15NO3/c1-23-17-7-3-5-15(11-17)20-21-18-9-8-14(12-19(18)24-20)13-4-2-6-16(22)10-13/h2-12,22H,1H3. The summed E-state index contributed by atoms with van der Waals surface area (Å²) in [6, 6.07) is 20.6. The average molecular weight is 317 g/mol. The van der Waals surface area contributed by atoms with Crippen LogP contribution in [-0.4, -0.2) is 17.2 Å². The van der Waals surface area contributed by atoms with Crippen molar-refractivity contribution in [2.24, 2.45) is 0 Å². The predicted octanol–water partition coefficient (Wildman–Crippen LogP) is 4.88. The van der Waals surface area contributed by atoms with E-state index in [2.05, 4.69) is 4.98 Å². The summed E-state index contributed by atoms with van der Waals surface area (Å²) >= 11 is 0. The fourth-order valence-corrected chi connectivity index (χ4v) is 2.67. The van der Waals surface area contributed by atoms with Crippen molar-refractivity contribution in [2.45, 2.75) is 0 Å². The summed E-state index contributed by atoms with van der Waals surface area (Å²) in [6.45, 7) is 0. The van der Waals surface area contributed by atoms with Crippen LogP contribution < -0.4 is 4.74 Å². The average Bonchev–Trinajstić information content (AvgIpc) is 3.05. The first kappa shape index (κ1) is 14.3. The molecule has 0 saturated heterocycles. The number of methoxy groups -OCH3 is 1. The summed E-state index contributed by atoms with van der Waals surface area (Å²) < 4.78 is 11.2. The molecule has 0 aliphatic carbocycles. The lowest BCUT2D eigenvalue weighted by molar-refractivity contribution is 0.415. The molecule has 0 bridgehead atoms. The topological polar surface area (TPSA) is 55.5 Å². The van der Waals surface area contributed by atoms with Crippen molar-refractivity contribution in [3.05, 3.63) is 66.7 Å². The van der Waals surface area contributed by atoms with Crippen molar-refractivity contribution in [1.82, 2.24) is 4.98 Å². The minimum absolute atomic E-state index is 0.238. The van der Waals surface area contributed by atoms with E-state index in [1.807, 2.05) is 54.6 Å². The molecule has 0 fully saturated rings. The number of benzene rings is 3. The molecule has 0 atom stereocenters. The van der Waals surface area contributed by atoms with Gasteiger partial charge in [-0.05, 0) is 53.6 Å². The maximum Gasteiger partial charge on any atom is 0.227 e. The Kier molecular flexibility index (Phi) is 3.43. The van der Waals surface area contributed by atoms with E-state index in [9.17, 15) is 5.11 Å². The normalized spacial score (nSPS) is 10.9. The molecule has 0 unspecified atom stereocenters. The zero-order valence-electron chi connectivity index (χ0n) is 13.1. The van der Waals surface area contributed by atoms with Gasteiger partial charge in [-0.15, -0.1) is 0 Å². The van der Waals surface area contributed by atoms with Gasteiger partial charge < -0.3 is 14.3 Å². The summed E-state index contributed by atoms with van der Waals surface area (Å²) in [5.41, 5.74) is 4.25. The Morgan fingerprint density at radius 3 is 2.50 bits per heavy atom. The Morgan fingerprint density at radius 1 is 0.875 bits per heavy atom. The Morgan fingerprint density at radius 2 is 1.67 bits per heavy atom. The molecule has 4 nitrogen and oxygen atoms in total. The summed E-state index contributed by atoms with van der Waals surface area (Å²) in [7, 11) is 1.63. The number of ether oxygens (including phenoxy) is 1. The molecule has 1 aromatic heterocycles. The van der Waals surface area contributed by atoms with Gasteiger partial charge in [-0.2, -0.15) is 0 Å². The van der Waals surface area contributed by atoms with Gasteiger partial charge in [0, 0.05) is 5.56 Å². The molecule has 24 heavy (non-hydrogen) atoms. The Bertz CT molecular complexity index is 1020. The zero-order valence-corrected chi connectivity index (χ0v) is 13.1. The number of rotatable bonds is 3. The van der Waals surface area contributed by atoms with Crippen LogP contribution in [0.2, 0.25) is 0 Å². The SMILES string of the molecule is COc1cccc(-c2nc3ccc(-c4cccc(O)c4)cc3o2)c1. The van der Waals surface area contributed by atoms with Gasteiger partial charge in [-0.1, -0.05) is 24.3 Å².